The third-order valence-electron chi connectivity index (χ3n) is 3.80. The van der Waals surface area contributed by atoms with Crippen molar-refractivity contribution >= 4 is 24.2 Å². The Labute approximate surface area is 142 Å². The molecule has 0 spiro atoms. The lowest BCUT2D eigenvalue weighted by Crippen LogP contribution is -2.56. The number of hydrogen-bond acceptors (Lipinski definition) is 3. The van der Waals surface area contributed by atoms with E-state index in [2.05, 4.69) is 5.32 Å². The third-order valence-corrected chi connectivity index (χ3v) is 3.80. The number of halogens is 2. The number of piperazine rings is 1. The number of rotatable bonds is 6. The van der Waals surface area contributed by atoms with Crippen molar-refractivity contribution in [2.45, 2.75) is 19.0 Å². The Hall–Kier alpha value is -1.66. The summed E-state index contributed by atoms with van der Waals surface area (Å²) in [4.78, 5) is 27.5. The van der Waals surface area contributed by atoms with E-state index in [0.717, 1.165) is 5.56 Å². The minimum absolute atomic E-state index is 0. The Morgan fingerprint density at radius 1 is 1.39 bits per heavy atom. The van der Waals surface area contributed by atoms with Crippen LogP contribution in [0.25, 0.3) is 0 Å². The van der Waals surface area contributed by atoms with Gasteiger partial charge in [0.05, 0.1) is 12.5 Å². The summed E-state index contributed by atoms with van der Waals surface area (Å²) in [7, 11) is 1.72. The molecule has 0 aromatic heterocycles. The van der Waals surface area contributed by atoms with Crippen molar-refractivity contribution in [3.63, 3.8) is 0 Å². The first-order valence-electron chi connectivity index (χ1n) is 7.48. The minimum atomic E-state index is -0.555. The lowest BCUT2D eigenvalue weighted by molar-refractivity contribution is -0.140. The van der Waals surface area contributed by atoms with Crippen LogP contribution in [0.3, 0.4) is 0 Å². The fourth-order valence-electron chi connectivity index (χ4n) is 2.55. The van der Waals surface area contributed by atoms with Crippen molar-refractivity contribution in [3.05, 3.63) is 35.9 Å². The second-order valence-corrected chi connectivity index (χ2v) is 5.46. The van der Waals surface area contributed by atoms with Gasteiger partial charge >= 0.3 is 0 Å². The minimum Gasteiger partial charge on any atom is -0.341 e. The first-order chi connectivity index (χ1) is 10.6. The molecule has 1 saturated heterocycles. The van der Waals surface area contributed by atoms with Crippen LogP contribution < -0.4 is 5.32 Å². The molecule has 0 aliphatic carbocycles. The van der Waals surface area contributed by atoms with E-state index >= 15 is 0 Å². The van der Waals surface area contributed by atoms with E-state index < -0.39 is 12.7 Å². The highest BCUT2D eigenvalue weighted by Crippen LogP contribution is 2.09. The van der Waals surface area contributed by atoms with Crippen LogP contribution in [0.1, 0.15) is 12.0 Å². The molecule has 1 unspecified atom stereocenters. The molecule has 1 aliphatic rings. The monoisotopic (exact) mass is 343 g/mol. The molecule has 1 heterocycles. The summed E-state index contributed by atoms with van der Waals surface area (Å²) in [6, 6.07) is 9.14. The van der Waals surface area contributed by atoms with E-state index in [-0.39, 0.29) is 37.2 Å². The van der Waals surface area contributed by atoms with Gasteiger partial charge < -0.3 is 15.1 Å². The molecule has 5 nitrogen and oxygen atoms in total. The lowest BCUT2D eigenvalue weighted by atomic mass is 10.1. The fraction of sp³-hybridized carbons (Fsp3) is 0.500. The van der Waals surface area contributed by atoms with Gasteiger partial charge in [-0.25, -0.2) is 4.39 Å². The van der Waals surface area contributed by atoms with E-state index in [9.17, 15) is 14.0 Å². The second kappa shape index (κ2) is 9.47. The number of amides is 2. The normalized spacial score (nSPS) is 17.6. The Balaban J connectivity index is 0.00000264. The van der Waals surface area contributed by atoms with Gasteiger partial charge in [-0.1, -0.05) is 30.3 Å². The van der Waals surface area contributed by atoms with Crippen molar-refractivity contribution < 1.29 is 14.0 Å². The molecule has 1 atom stereocenters. The fourth-order valence-corrected chi connectivity index (χ4v) is 2.55. The van der Waals surface area contributed by atoms with E-state index in [1.54, 1.807) is 11.9 Å². The van der Waals surface area contributed by atoms with Gasteiger partial charge in [0.25, 0.3) is 0 Å². The molecular formula is C16H23ClFN3O2. The molecule has 1 aromatic rings. The Morgan fingerprint density at radius 3 is 2.74 bits per heavy atom. The zero-order valence-corrected chi connectivity index (χ0v) is 14.0. The number of benzene rings is 1. The number of alkyl halides is 1. The van der Waals surface area contributed by atoms with Crippen molar-refractivity contribution in [1.82, 2.24) is 15.1 Å². The quantitative estimate of drug-likeness (QED) is 0.845. The van der Waals surface area contributed by atoms with Gasteiger partial charge in [0.15, 0.2) is 0 Å². The lowest BCUT2D eigenvalue weighted by Gasteiger charge is -2.33. The Bertz CT molecular complexity index is 513. The van der Waals surface area contributed by atoms with Crippen LogP contribution in [0, 0.1) is 0 Å². The van der Waals surface area contributed by atoms with Crippen molar-refractivity contribution in [3.8, 4) is 0 Å². The zero-order valence-electron chi connectivity index (χ0n) is 13.2. The maximum atomic E-state index is 12.4. The van der Waals surface area contributed by atoms with E-state index in [4.69, 9.17) is 0 Å². The predicted molar refractivity (Wildman–Crippen MR) is 89.1 cm³/mol. The summed E-state index contributed by atoms with van der Waals surface area (Å²) < 4.78 is 12.4. The van der Waals surface area contributed by atoms with Gasteiger partial charge in [-0.05, 0) is 5.56 Å². The van der Waals surface area contributed by atoms with Crippen LogP contribution in [-0.4, -0.2) is 61.0 Å². The average molecular weight is 344 g/mol. The molecule has 1 aromatic carbocycles. The van der Waals surface area contributed by atoms with Gasteiger partial charge in [-0.15, -0.1) is 12.4 Å². The number of carbonyl (C=O) groups excluding carboxylic acids is 2. The van der Waals surface area contributed by atoms with Crippen LogP contribution in [0.4, 0.5) is 4.39 Å². The van der Waals surface area contributed by atoms with Crippen LogP contribution in [0.15, 0.2) is 30.3 Å². The highest BCUT2D eigenvalue weighted by molar-refractivity contribution is 5.88. The van der Waals surface area contributed by atoms with Gasteiger partial charge in [0.1, 0.15) is 6.67 Å². The average Bonchev–Trinajstić information content (AvgIpc) is 2.52. The van der Waals surface area contributed by atoms with E-state index in [1.807, 2.05) is 30.3 Å². The molecule has 0 radical (unpaired) electrons. The smallest absolute Gasteiger partial charge is 0.240 e. The van der Waals surface area contributed by atoms with Crippen molar-refractivity contribution in [2.24, 2.45) is 0 Å². The summed E-state index contributed by atoms with van der Waals surface area (Å²) >= 11 is 0. The van der Waals surface area contributed by atoms with Crippen molar-refractivity contribution in [1.29, 1.82) is 0 Å². The number of nitrogens with zero attached hydrogens (tertiary/aromatic N) is 2. The summed E-state index contributed by atoms with van der Waals surface area (Å²) in [5.41, 5.74) is 1.04. The molecule has 1 fully saturated rings. The Kier molecular flexibility index (Phi) is 7.98. The van der Waals surface area contributed by atoms with E-state index in [0.29, 0.717) is 19.6 Å². The Morgan fingerprint density at radius 2 is 2.09 bits per heavy atom. The number of carbonyl (C=O) groups is 2. The molecule has 0 bridgehead atoms. The second-order valence-electron chi connectivity index (χ2n) is 5.46. The molecule has 1 N–H and O–H groups in total. The maximum absolute atomic E-state index is 12.4. The maximum Gasteiger partial charge on any atom is 0.240 e. The van der Waals surface area contributed by atoms with Crippen LogP contribution in [0.2, 0.25) is 0 Å². The largest absolute Gasteiger partial charge is 0.341 e. The van der Waals surface area contributed by atoms with Crippen LogP contribution in [-0.2, 0) is 16.1 Å². The highest BCUT2D eigenvalue weighted by Gasteiger charge is 2.30. The summed E-state index contributed by atoms with van der Waals surface area (Å²) in [5, 5.41) is 3.05. The van der Waals surface area contributed by atoms with Gasteiger partial charge in [-0.3, -0.25) is 9.59 Å². The molecule has 7 heteroatoms. The first-order valence-corrected chi connectivity index (χ1v) is 7.48. The number of nitrogens with one attached hydrogen (secondary N) is 1. The van der Waals surface area contributed by atoms with Gasteiger partial charge in [0, 0.05) is 33.2 Å². The van der Waals surface area contributed by atoms with Gasteiger partial charge in [-0.2, -0.15) is 0 Å². The zero-order chi connectivity index (χ0) is 15.9. The van der Waals surface area contributed by atoms with Crippen LogP contribution in [0.5, 0.6) is 0 Å². The summed E-state index contributed by atoms with van der Waals surface area (Å²) in [6.07, 6.45) is 0.102. The topological polar surface area (TPSA) is 52.7 Å². The summed E-state index contributed by atoms with van der Waals surface area (Å²) in [5.74, 6) is -0.290. The highest BCUT2D eigenvalue weighted by atomic mass is 35.5. The molecule has 23 heavy (non-hydrogen) atoms. The predicted octanol–water partition coefficient (Wildman–Crippen LogP) is 1.23. The molecule has 0 saturated carbocycles. The molecule has 2 rings (SSSR count). The summed E-state index contributed by atoms with van der Waals surface area (Å²) in [6.45, 7) is 1.14. The third kappa shape index (κ3) is 5.48. The molecule has 128 valence electrons. The molecule has 1 aliphatic heterocycles. The van der Waals surface area contributed by atoms with Gasteiger partial charge in [0.2, 0.25) is 11.8 Å². The number of hydrogen-bond donors (Lipinski definition) is 1. The van der Waals surface area contributed by atoms with E-state index in [1.165, 1.54) is 4.90 Å². The van der Waals surface area contributed by atoms with Crippen LogP contribution >= 0.6 is 12.4 Å². The standard InChI is InChI=1S/C16H22FN3O2.ClH/c1-19(12-13-5-3-2-4-6-13)15(21)11-14-16(22)20(9-7-17)10-8-18-14;/h2-6,14,18H,7-12H2,1H3;1H. The molecule has 2 amide bonds. The van der Waals surface area contributed by atoms with Crippen molar-refractivity contribution in [2.75, 3.05) is 33.4 Å². The molecular weight excluding hydrogens is 321 g/mol. The SMILES string of the molecule is CN(Cc1ccccc1)C(=O)CC1NCCN(CCF)C1=O.Cl. The first kappa shape index (κ1) is 19.4.